The van der Waals surface area contributed by atoms with E-state index in [2.05, 4.69) is 10.6 Å². The number of hydrogen-bond donors (Lipinski definition) is 2. The van der Waals surface area contributed by atoms with Gasteiger partial charge in [0.05, 0.1) is 23.0 Å². The van der Waals surface area contributed by atoms with Crippen LogP contribution in [-0.4, -0.2) is 65.5 Å². The first-order valence-electron chi connectivity index (χ1n) is 19.0. The largest absolute Gasteiger partial charge is 0.444 e. The van der Waals surface area contributed by atoms with Crippen molar-refractivity contribution in [1.29, 1.82) is 0 Å². The maximum atomic E-state index is 12.2. The maximum absolute atomic E-state index is 12.2. The summed E-state index contributed by atoms with van der Waals surface area (Å²) in [6.07, 6.45) is 7.88. The molecule has 0 bridgehead atoms. The smallest absolute Gasteiger partial charge is 0.407 e. The van der Waals surface area contributed by atoms with Crippen LogP contribution in [0.2, 0.25) is 0 Å². The van der Waals surface area contributed by atoms with E-state index in [0.717, 1.165) is 62.5 Å². The molecule has 0 saturated heterocycles. The molecule has 14 heteroatoms. The molecule has 0 spiro atoms. The third-order valence-corrected chi connectivity index (χ3v) is 11.9. The van der Waals surface area contributed by atoms with Gasteiger partial charge in [-0.2, -0.15) is 16.8 Å². The van der Waals surface area contributed by atoms with Crippen molar-refractivity contribution in [3.63, 3.8) is 0 Å². The maximum Gasteiger partial charge on any atom is 0.407 e. The summed E-state index contributed by atoms with van der Waals surface area (Å²) in [5.74, 6) is 0.824. The summed E-state index contributed by atoms with van der Waals surface area (Å²) in [4.78, 5) is 24.0. The van der Waals surface area contributed by atoms with Crippen molar-refractivity contribution in [2.75, 3.05) is 13.2 Å². The van der Waals surface area contributed by atoms with Crippen LogP contribution < -0.4 is 10.6 Å². The van der Waals surface area contributed by atoms with Gasteiger partial charge in [-0.15, -0.1) is 0 Å². The Morgan fingerprint density at radius 2 is 0.852 bits per heavy atom. The van der Waals surface area contributed by atoms with Gasteiger partial charge in [-0.25, -0.2) is 9.59 Å². The quantitative estimate of drug-likeness (QED) is 0.200. The van der Waals surface area contributed by atoms with E-state index in [0.29, 0.717) is 24.7 Å². The van der Waals surface area contributed by atoms with E-state index in [-0.39, 0.29) is 47.3 Å². The van der Waals surface area contributed by atoms with E-state index >= 15 is 0 Å². The van der Waals surface area contributed by atoms with Gasteiger partial charge in [0.15, 0.2) is 0 Å². The van der Waals surface area contributed by atoms with Crippen LogP contribution in [0, 0.1) is 25.7 Å². The van der Waals surface area contributed by atoms with Crippen LogP contribution >= 0.6 is 0 Å². The number of rotatable bonds is 12. The Bertz CT molecular complexity index is 1550. The zero-order valence-corrected chi connectivity index (χ0v) is 34.9. The van der Waals surface area contributed by atoms with Gasteiger partial charge in [0, 0.05) is 12.1 Å². The molecule has 2 aromatic rings. The molecule has 0 atom stereocenters. The molecule has 2 amide bonds. The summed E-state index contributed by atoms with van der Waals surface area (Å²) in [5.41, 5.74) is 1.01. The SMILES string of the molecule is Cc1ccc(S(=O)(=O)OCCC2CCC(NC(=O)OC(C)(C)C)CC2)cc1.Cc1ccc(S(=O)(=O)OCCC2CCC(NC(=O)OC(C)(C)C)CC2)cc1. The lowest BCUT2D eigenvalue weighted by Crippen LogP contribution is -2.41. The van der Waals surface area contributed by atoms with Crippen LogP contribution in [0.5, 0.6) is 0 Å². The zero-order chi connectivity index (χ0) is 40.2. The lowest BCUT2D eigenvalue weighted by Gasteiger charge is -2.30. The number of hydrogen-bond acceptors (Lipinski definition) is 10. The highest BCUT2D eigenvalue weighted by molar-refractivity contribution is 7.87. The van der Waals surface area contributed by atoms with Crippen LogP contribution in [0.15, 0.2) is 58.3 Å². The molecule has 4 rings (SSSR count). The minimum atomic E-state index is -3.70. The molecule has 0 aromatic heterocycles. The molecule has 2 fully saturated rings. The number of alkyl carbamates (subject to hydrolysis) is 2. The first kappa shape index (κ1) is 45.2. The first-order chi connectivity index (χ1) is 25.1. The van der Waals surface area contributed by atoms with E-state index < -0.39 is 31.4 Å². The molecule has 0 radical (unpaired) electrons. The normalized spacial score (nSPS) is 20.9. The van der Waals surface area contributed by atoms with Crippen LogP contribution in [0.1, 0.15) is 117 Å². The number of carbonyl (C=O) groups is 2. The van der Waals surface area contributed by atoms with Crippen molar-refractivity contribution in [1.82, 2.24) is 10.6 Å². The molecule has 2 aliphatic carbocycles. The van der Waals surface area contributed by atoms with E-state index in [1.54, 1.807) is 48.5 Å². The fourth-order valence-electron chi connectivity index (χ4n) is 6.33. The Morgan fingerprint density at radius 1 is 0.556 bits per heavy atom. The van der Waals surface area contributed by atoms with Crippen molar-refractivity contribution < 1.29 is 44.3 Å². The predicted molar refractivity (Wildman–Crippen MR) is 208 cm³/mol. The molecular weight excluding hydrogens is 733 g/mol. The molecule has 0 unspecified atom stereocenters. The molecule has 0 heterocycles. The van der Waals surface area contributed by atoms with Gasteiger partial charge < -0.3 is 20.1 Å². The Labute approximate surface area is 323 Å². The van der Waals surface area contributed by atoms with Crippen LogP contribution in [0.4, 0.5) is 9.59 Å². The van der Waals surface area contributed by atoms with Crippen molar-refractivity contribution >= 4 is 32.4 Å². The molecule has 304 valence electrons. The number of benzene rings is 2. The van der Waals surface area contributed by atoms with Crippen molar-refractivity contribution in [3.05, 3.63) is 59.7 Å². The number of nitrogens with one attached hydrogen (secondary N) is 2. The standard InChI is InChI=1S/2C20H31NO5S/c2*1-15-5-11-18(12-6-15)27(23,24)25-14-13-16-7-9-17(10-8-16)21-19(22)26-20(2,3)4/h2*5-6,11-12,16-17H,7-10,13-14H2,1-4H3,(H,21,22). The summed E-state index contributed by atoms with van der Waals surface area (Å²) in [6, 6.07) is 13.5. The van der Waals surface area contributed by atoms with Crippen molar-refractivity contribution in [2.45, 2.75) is 153 Å². The number of ether oxygens (including phenoxy) is 2. The average molecular weight is 795 g/mol. The van der Waals surface area contributed by atoms with Gasteiger partial charge in [-0.05, 0) is 156 Å². The van der Waals surface area contributed by atoms with Crippen LogP contribution in [0.3, 0.4) is 0 Å². The van der Waals surface area contributed by atoms with Crippen molar-refractivity contribution in [2.24, 2.45) is 11.8 Å². The molecular formula is C40H62N2O10S2. The Kier molecular flexibility index (Phi) is 16.8. The van der Waals surface area contributed by atoms with Gasteiger partial charge >= 0.3 is 12.2 Å². The first-order valence-corrected chi connectivity index (χ1v) is 21.8. The third-order valence-electron chi connectivity index (χ3n) is 9.28. The Morgan fingerprint density at radius 3 is 1.13 bits per heavy atom. The summed E-state index contributed by atoms with van der Waals surface area (Å²) in [7, 11) is -7.39. The summed E-state index contributed by atoms with van der Waals surface area (Å²) < 4.78 is 69.7. The second kappa shape index (κ2) is 20.1. The molecule has 0 aliphatic heterocycles. The second-order valence-electron chi connectivity index (χ2n) is 16.5. The lowest BCUT2D eigenvalue weighted by atomic mass is 9.84. The fraction of sp³-hybridized carbons (Fsp3) is 0.650. The highest BCUT2D eigenvalue weighted by Gasteiger charge is 2.27. The molecule has 2 saturated carbocycles. The van der Waals surface area contributed by atoms with E-state index in [4.69, 9.17) is 17.8 Å². The van der Waals surface area contributed by atoms with E-state index in [1.807, 2.05) is 55.4 Å². The van der Waals surface area contributed by atoms with Gasteiger partial charge in [-0.3, -0.25) is 8.37 Å². The van der Waals surface area contributed by atoms with Crippen LogP contribution in [0.25, 0.3) is 0 Å². The summed E-state index contributed by atoms with van der Waals surface area (Å²) in [5, 5.41) is 5.83. The number of amides is 2. The molecule has 54 heavy (non-hydrogen) atoms. The topological polar surface area (TPSA) is 163 Å². The van der Waals surface area contributed by atoms with Crippen LogP contribution in [-0.2, 0) is 38.1 Å². The fourth-order valence-corrected chi connectivity index (χ4v) is 8.18. The lowest BCUT2D eigenvalue weighted by molar-refractivity contribution is 0.0474. The zero-order valence-electron chi connectivity index (χ0n) is 33.3. The average Bonchev–Trinajstić information content (AvgIpc) is 3.05. The summed E-state index contributed by atoms with van der Waals surface area (Å²) in [6.45, 7) is 15.2. The minimum Gasteiger partial charge on any atom is -0.444 e. The Hall–Kier alpha value is -3.20. The minimum absolute atomic E-state index is 0.119. The van der Waals surface area contributed by atoms with Crippen molar-refractivity contribution in [3.8, 4) is 0 Å². The molecule has 2 aliphatic rings. The van der Waals surface area contributed by atoms with E-state index in [9.17, 15) is 26.4 Å². The van der Waals surface area contributed by atoms with Gasteiger partial charge in [0.25, 0.3) is 20.2 Å². The highest BCUT2D eigenvalue weighted by atomic mass is 32.2. The molecule has 2 aromatic carbocycles. The Balaban J connectivity index is 0.000000290. The number of carbonyl (C=O) groups excluding carboxylic acids is 2. The summed E-state index contributed by atoms with van der Waals surface area (Å²) >= 11 is 0. The highest BCUT2D eigenvalue weighted by Crippen LogP contribution is 2.29. The monoisotopic (exact) mass is 794 g/mol. The predicted octanol–water partition coefficient (Wildman–Crippen LogP) is 8.35. The second-order valence-corrected chi connectivity index (χ2v) is 19.7. The molecule has 12 nitrogen and oxygen atoms in total. The van der Waals surface area contributed by atoms with Gasteiger partial charge in [-0.1, -0.05) is 35.4 Å². The number of aryl methyl sites for hydroxylation is 2. The van der Waals surface area contributed by atoms with Gasteiger partial charge in [0.2, 0.25) is 0 Å². The third kappa shape index (κ3) is 17.1. The molecule has 2 N–H and O–H groups in total. The van der Waals surface area contributed by atoms with Gasteiger partial charge in [0.1, 0.15) is 11.2 Å². The van der Waals surface area contributed by atoms with E-state index in [1.165, 1.54) is 0 Å².